The van der Waals surface area contributed by atoms with E-state index in [1.54, 1.807) is 0 Å². The Morgan fingerprint density at radius 2 is 1.73 bits per heavy atom. The van der Waals surface area contributed by atoms with Crippen molar-refractivity contribution in [3.8, 4) is 0 Å². The summed E-state index contributed by atoms with van der Waals surface area (Å²) in [6.07, 6.45) is 2.91. The number of methoxy groups -OCH3 is 1. The molecule has 0 bridgehead atoms. The fourth-order valence-electron chi connectivity index (χ4n) is 1.39. The molecule has 0 aliphatic carbocycles. The molecule has 0 aromatic rings. The zero-order chi connectivity index (χ0) is 12.1. The van der Waals surface area contributed by atoms with Gasteiger partial charge in [0.05, 0.1) is 12.5 Å². The van der Waals surface area contributed by atoms with Gasteiger partial charge in [-0.05, 0) is 47.0 Å². The Bertz CT molecular complexity index is 249. The highest BCUT2D eigenvalue weighted by atomic mass is 16.5. The van der Waals surface area contributed by atoms with E-state index < -0.39 is 0 Å². The maximum Gasteiger partial charge on any atom is 0.311 e. The Labute approximate surface area is 93.7 Å². The summed E-state index contributed by atoms with van der Waals surface area (Å²) >= 11 is 0. The van der Waals surface area contributed by atoms with Crippen LogP contribution in [0.5, 0.6) is 0 Å². The molecule has 0 heterocycles. The summed E-state index contributed by atoms with van der Waals surface area (Å²) in [6.45, 7) is 10.3. The summed E-state index contributed by atoms with van der Waals surface area (Å²) in [4.78, 5) is 11.4. The van der Waals surface area contributed by atoms with Crippen LogP contribution in [0.1, 0.15) is 53.9 Å². The largest absolute Gasteiger partial charge is 0.469 e. The van der Waals surface area contributed by atoms with Crippen molar-refractivity contribution in [2.45, 2.75) is 53.9 Å². The van der Waals surface area contributed by atoms with Crippen LogP contribution in [0.2, 0.25) is 0 Å². The molecule has 0 aromatic heterocycles. The molecule has 0 fully saturated rings. The molecule has 0 saturated heterocycles. The van der Waals surface area contributed by atoms with E-state index in [0.29, 0.717) is 0 Å². The number of hydrogen-bond acceptors (Lipinski definition) is 2. The van der Waals surface area contributed by atoms with Gasteiger partial charge < -0.3 is 4.74 Å². The maximum absolute atomic E-state index is 11.4. The van der Waals surface area contributed by atoms with Gasteiger partial charge >= 0.3 is 5.97 Å². The molecule has 0 atom stereocenters. The van der Waals surface area contributed by atoms with E-state index in [-0.39, 0.29) is 11.4 Å². The lowest BCUT2D eigenvalue weighted by molar-refractivity contribution is -0.151. The highest BCUT2D eigenvalue weighted by molar-refractivity contribution is 5.75. The molecule has 0 spiro atoms. The lowest BCUT2D eigenvalue weighted by atomic mass is 9.85. The molecule has 88 valence electrons. The van der Waals surface area contributed by atoms with Crippen LogP contribution in [-0.2, 0) is 9.53 Å². The lowest BCUT2D eigenvalue weighted by Crippen LogP contribution is -2.25. The van der Waals surface area contributed by atoms with Crippen molar-refractivity contribution in [1.82, 2.24) is 0 Å². The fraction of sp³-hybridized carbons (Fsp3) is 0.769. The van der Waals surface area contributed by atoms with Crippen LogP contribution in [-0.4, -0.2) is 13.1 Å². The lowest BCUT2D eigenvalue weighted by Gasteiger charge is -2.21. The first kappa shape index (κ1) is 14.2. The van der Waals surface area contributed by atoms with Crippen molar-refractivity contribution in [2.24, 2.45) is 5.41 Å². The van der Waals surface area contributed by atoms with Crippen LogP contribution in [0.4, 0.5) is 0 Å². The van der Waals surface area contributed by atoms with Crippen molar-refractivity contribution in [3.63, 3.8) is 0 Å². The first-order valence-electron chi connectivity index (χ1n) is 5.58. The van der Waals surface area contributed by atoms with Crippen LogP contribution in [0.25, 0.3) is 0 Å². The highest BCUT2D eigenvalue weighted by Gasteiger charge is 2.28. The number of esters is 1. The quantitative estimate of drug-likeness (QED) is 0.513. The number of allylic oxidation sites excluding steroid dienone is 2. The standard InChI is InChI=1S/C13H24O2/c1-7-10(2)11(3)8-9-13(4,5)12(14)15-6/h7-9H2,1-6H3. The minimum atomic E-state index is -0.371. The molecule has 0 radical (unpaired) electrons. The maximum atomic E-state index is 11.4. The predicted octanol–water partition coefficient (Wildman–Crippen LogP) is 3.71. The Hall–Kier alpha value is -0.790. The summed E-state index contributed by atoms with van der Waals surface area (Å²) in [5.74, 6) is -0.121. The first-order valence-corrected chi connectivity index (χ1v) is 5.58. The van der Waals surface area contributed by atoms with Gasteiger partial charge in [-0.3, -0.25) is 4.79 Å². The van der Waals surface area contributed by atoms with Crippen LogP contribution in [0.15, 0.2) is 11.1 Å². The summed E-state index contributed by atoms with van der Waals surface area (Å²) in [5, 5.41) is 0. The fourth-order valence-corrected chi connectivity index (χ4v) is 1.39. The van der Waals surface area contributed by atoms with E-state index in [0.717, 1.165) is 19.3 Å². The Balaban J connectivity index is 4.33. The zero-order valence-corrected chi connectivity index (χ0v) is 10.9. The molecule has 0 amide bonds. The van der Waals surface area contributed by atoms with E-state index in [2.05, 4.69) is 20.8 Å². The van der Waals surface area contributed by atoms with Gasteiger partial charge in [-0.1, -0.05) is 18.1 Å². The van der Waals surface area contributed by atoms with E-state index in [1.807, 2.05) is 13.8 Å². The number of hydrogen-bond donors (Lipinski definition) is 0. The van der Waals surface area contributed by atoms with Gasteiger partial charge in [0.2, 0.25) is 0 Å². The van der Waals surface area contributed by atoms with Gasteiger partial charge in [-0.25, -0.2) is 0 Å². The van der Waals surface area contributed by atoms with Gasteiger partial charge in [-0.2, -0.15) is 0 Å². The van der Waals surface area contributed by atoms with Gasteiger partial charge in [0.15, 0.2) is 0 Å². The Morgan fingerprint density at radius 3 is 2.13 bits per heavy atom. The SMILES string of the molecule is CCC(C)=C(C)CCC(C)(C)C(=O)OC. The molecule has 0 saturated carbocycles. The second-order valence-corrected chi connectivity index (χ2v) is 4.79. The smallest absolute Gasteiger partial charge is 0.311 e. The number of rotatable bonds is 5. The monoisotopic (exact) mass is 212 g/mol. The van der Waals surface area contributed by atoms with E-state index in [9.17, 15) is 4.79 Å². The van der Waals surface area contributed by atoms with Crippen molar-refractivity contribution in [1.29, 1.82) is 0 Å². The molecule has 2 heteroatoms. The molecular weight excluding hydrogens is 188 g/mol. The van der Waals surface area contributed by atoms with Crippen LogP contribution in [0.3, 0.4) is 0 Å². The normalized spacial score (nSPS) is 13.5. The van der Waals surface area contributed by atoms with Crippen molar-refractivity contribution in [3.05, 3.63) is 11.1 Å². The van der Waals surface area contributed by atoms with Gasteiger partial charge in [0.1, 0.15) is 0 Å². The second-order valence-electron chi connectivity index (χ2n) is 4.79. The molecule has 0 unspecified atom stereocenters. The third kappa shape index (κ3) is 4.50. The number of carbonyl (C=O) groups is 1. The first-order chi connectivity index (χ1) is 6.85. The molecule has 0 aliphatic heterocycles. The van der Waals surface area contributed by atoms with E-state index in [4.69, 9.17) is 4.74 Å². The predicted molar refractivity (Wildman–Crippen MR) is 63.7 cm³/mol. The van der Waals surface area contributed by atoms with Gasteiger partial charge in [0.25, 0.3) is 0 Å². The topological polar surface area (TPSA) is 26.3 Å². The Kier molecular flexibility index (Phi) is 5.63. The number of carbonyl (C=O) groups excluding carboxylic acids is 1. The van der Waals surface area contributed by atoms with E-state index >= 15 is 0 Å². The van der Waals surface area contributed by atoms with Crippen LogP contribution < -0.4 is 0 Å². The molecule has 0 rings (SSSR count). The van der Waals surface area contributed by atoms with E-state index in [1.165, 1.54) is 18.3 Å². The highest BCUT2D eigenvalue weighted by Crippen LogP contribution is 2.27. The van der Waals surface area contributed by atoms with Crippen LogP contribution in [0, 0.1) is 5.41 Å². The van der Waals surface area contributed by atoms with Crippen molar-refractivity contribution >= 4 is 5.97 Å². The molecule has 2 nitrogen and oxygen atoms in total. The van der Waals surface area contributed by atoms with Crippen molar-refractivity contribution < 1.29 is 9.53 Å². The molecule has 0 N–H and O–H groups in total. The minimum Gasteiger partial charge on any atom is -0.469 e. The summed E-state index contributed by atoms with van der Waals surface area (Å²) in [7, 11) is 1.45. The number of ether oxygens (including phenoxy) is 1. The minimum absolute atomic E-state index is 0.121. The van der Waals surface area contributed by atoms with Gasteiger partial charge in [-0.15, -0.1) is 0 Å². The third-order valence-electron chi connectivity index (χ3n) is 3.12. The Morgan fingerprint density at radius 1 is 1.20 bits per heavy atom. The van der Waals surface area contributed by atoms with Gasteiger partial charge in [0, 0.05) is 0 Å². The van der Waals surface area contributed by atoms with Crippen molar-refractivity contribution in [2.75, 3.05) is 7.11 Å². The average molecular weight is 212 g/mol. The third-order valence-corrected chi connectivity index (χ3v) is 3.12. The summed E-state index contributed by atoms with van der Waals surface area (Å²) < 4.78 is 4.78. The van der Waals surface area contributed by atoms with Crippen LogP contribution >= 0.6 is 0 Å². The second kappa shape index (κ2) is 5.94. The molecule has 0 aliphatic rings. The molecular formula is C13H24O2. The average Bonchev–Trinajstić information content (AvgIpc) is 2.23. The molecule has 0 aromatic carbocycles. The molecule has 15 heavy (non-hydrogen) atoms. The summed E-state index contributed by atoms with van der Waals surface area (Å²) in [6, 6.07) is 0. The zero-order valence-electron chi connectivity index (χ0n) is 10.9. The summed E-state index contributed by atoms with van der Waals surface area (Å²) in [5.41, 5.74) is 2.45.